The maximum Gasteiger partial charge on any atom is 0.321 e. The van der Waals surface area contributed by atoms with Crippen molar-refractivity contribution in [1.29, 1.82) is 0 Å². The summed E-state index contributed by atoms with van der Waals surface area (Å²) in [6.45, 7) is 5.77. The van der Waals surface area contributed by atoms with Crippen LogP contribution in [0.3, 0.4) is 0 Å². The lowest BCUT2D eigenvalue weighted by molar-refractivity contribution is -0.0481. The second-order valence-corrected chi connectivity index (χ2v) is 10.1. The van der Waals surface area contributed by atoms with Crippen molar-refractivity contribution in [3.05, 3.63) is 52.2 Å². The van der Waals surface area contributed by atoms with Crippen LogP contribution in [0, 0.1) is 11.8 Å². The first-order valence-corrected chi connectivity index (χ1v) is 12.3. The average Bonchev–Trinajstić information content (AvgIpc) is 2.76. The molecular formula is C25H33BrN2O3. The van der Waals surface area contributed by atoms with E-state index >= 15 is 0 Å². The van der Waals surface area contributed by atoms with Crippen molar-refractivity contribution >= 4 is 22.0 Å². The number of allylic oxidation sites excluding steroid dienone is 3. The van der Waals surface area contributed by atoms with Gasteiger partial charge in [0.15, 0.2) is 0 Å². The number of amides is 2. The zero-order valence-corrected chi connectivity index (χ0v) is 20.0. The standard InChI is InChI=1S/C25H33BrN2O3/c1-3-5-17(2)18-8-10-19(11-9-18)27-24(30)28-14-12-25(13-15-28)16-22(29)20-6-4-7-21(26)23(20)31-25/h4,6-8,10-11,17-18,22,29H,3,5,9,12-16H2,1-2H3,(H,27,30). The van der Waals surface area contributed by atoms with Gasteiger partial charge in [-0.3, -0.25) is 0 Å². The zero-order chi connectivity index (χ0) is 22.0. The van der Waals surface area contributed by atoms with Crippen LogP contribution in [0.15, 0.2) is 46.6 Å². The summed E-state index contributed by atoms with van der Waals surface area (Å²) in [5.41, 5.74) is 1.31. The van der Waals surface area contributed by atoms with Crippen molar-refractivity contribution in [3.63, 3.8) is 0 Å². The molecule has 1 aliphatic carbocycles. The van der Waals surface area contributed by atoms with Crippen molar-refractivity contribution in [2.24, 2.45) is 11.8 Å². The van der Waals surface area contributed by atoms with E-state index in [0.717, 1.165) is 27.9 Å². The molecule has 2 amide bonds. The predicted octanol–water partition coefficient (Wildman–Crippen LogP) is 5.71. The van der Waals surface area contributed by atoms with Gasteiger partial charge in [-0.25, -0.2) is 4.79 Å². The number of urea groups is 1. The highest BCUT2D eigenvalue weighted by Crippen LogP contribution is 2.47. The van der Waals surface area contributed by atoms with Crippen LogP contribution >= 0.6 is 15.9 Å². The molecule has 3 atom stereocenters. The highest BCUT2D eigenvalue weighted by molar-refractivity contribution is 9.10. The molecular weight excluding hydrogens is 456 g/mol. The fourth-order valence-corrected chi connectivity index (χ4v) is 5.53. The van der Waals surface area contributed by atoms with Crippen LogP contribution in [0.2, 0.25) is 0 Å². The Morgan fingerprint density at radius 2 is 2.16 bits per heavy atom. The third-order valence-electron chi connectivity index (χ3n) is 7.06. The van der Waals surface area contributed by atoms with Crippen LogP contribution in [0.1, 0.15) is 64.0 Å². The SMILES string of the molecule is CCCC(C)C1C=CC(NC(=O)N2CCC3(CC2)CC(O)c2cccc(Br)c2O3)=CC1. The summed E-state index contributed by atoms with van der Waals surface area (Å²) in [5.74, 6) is 1.97. The first kappa shape index (κ1) is 22.4. The normalized spacial score (nSPS) is 25.4. The molecule has 3 unspecified atom stereocenters. The molecule has 2 heterocycles. The fourth-order valence-electron chi connectivity index (χ4n) is 5.06. The van der Waals surface area contributed by atoms with Crippen LogP contribution in [0.4, 0.5) is 4.79 Å². The second kappa shape index (κ2) is 9.37. The number of hydrogen-bond acceptors (Lipinski definition) is 3. The zero-order valence-electron chi connectivity index (χ0n) is 18.4. The third-order valence-corrected chi connectivity index (χ3v) is 7.69. The van der Waals surface area contributed by atoms with E-state index in [0.29, 0.717) is 44.2 Å². The van der Waals surface area contributed by atoms with Crippen LogP contribution in [-0.2, 0) is 0 Å². The monoisotopic (exact) mass is 488 g/mol. The van der Waals surface area contributed by atoms with Crippen molar-refractivity contribution < 1.29 is 14.6 Å². The summed E-state index contributed by atoms with van der Waals surface area (Å²) < 4.78 is 7.27. The Kier molecular flexibility index (Phi) is 6.77. The summed E-state index contributed by atoms with van der Waals surface area (Å²) in [4.78, 5) is 14.7. The van der Waals surface area contributed by atoms with E-state index in [1.807, 2.05) is 23.1 Å². The Bertz CT molecular complexity index is 874. The molecule has 1 spiro atoms. The largest absolute Gasteiger partial charge is 0.485 e. The van der Waals surface area contributed by atoms with E-state index < -0.39 is 11.7 Å². The van der Waals surface area contributed by atoms with Gasteiger partial charge in [0.1, 0.15) is 11.4 Å². The Balaban J connectivity index is 1.32. The molecule has 4 rings (SSSR count). The Hall–Kier alpha value is -1.79. The van der Waals surface area contributed by atoms with E-state index in [-0.39, 0.29) is 6.03 Å². The molecule has 3 aliphatic rings. The number of aliphatic hydroxyl groups excluding tert-OH is 1. The van der Waals surface area contributed by atoms with Crippen molar-refractivity contribution in [2.75, 3.05) is 13.1 Å². The molecule has 31 heavy (non-hydrogen) atoms. The lowest BCUT2D eigenvalue weighted by Crippen LogP contribution is -2.53. The van der Waals surface area contributed by atoms with Crippen LogP contribution in [-0.4, -0.2) is 34.7 Å². The number of carbonyl (C=O) groups is 1. The molecule has 2 N–H and O–H groups in total. The van der Waals surface area contributed by atoms with Gasteiger partial charge in [-0.2, -0.15) is 0 Å². The van der Waals surface area contributed by atoms with Gasteiger partial charge in [0.25, 0.3) is 0 Å². The average molecular weight is 489 g/mol. The molecule has 168 valence electrons. The Morgan fingerprint density at radius 1 is 1.39 bits per heavy atom. The van der Waals surface area contributed by atoms with Gasteiger partial charge in [0.2, 0.25) is 0 Å². The Morgan fingerprint density at radius 3 is 2.84 bits per heavy atom. The minimum Gasteiger partial charge on any atom is -0.485 e. The molecule has 1 saturated heterocycles. The fraction of sp³-hybridized carbons (Fsp3) is 0.560. The van der Waals surface area contributed by atoms with Crippen molar-refractivity contribution in [1.82, 2.24) is 10.2 Å². The molecule has 6 heteroatoms. The molecule has 1 aromatic rings. The molecule has 1 aromatic carbocycles. The topological polar surface area (TPSA) is 61.8 Å². The molecule has 0 radical (unpaired) electrons. The number of piperidine rings is 1. The van der Waals surface area contributed by atoms with Crippen LogP contribution in [0.25, 0.3) is 0 Å². The van der Waals surface area contributed by atoms with E-state index in [2.05, 4.69) is 53.3 Å². The third kappa shape index (κ3) is 4.85. The quantitative estimate of drug-likeness (QED) is 0.570. The number of rotatable bonds is 4. The highest BCUT2D eigenvalue weighted by atomic mass is 79.9. The van der Waals surface area contributed by atoms with E-state index in [4.69, 9.17) is 4.74 Å². The van der Waals surface area contributed by atoms with Gasteiger partial charge in [-0.1, -0.05) is 51.0 Å². The highest BCUT2D eigenvalue weighted by Gasteiger charge is 2.44. The minimum absolute atomic E-state index is 0.0521. The lowest BCUT2D eigenvalue weighted by atomic mass is 9.82. The summed E-state index contributed by atoms with van der Waals surface area (Å²) in [6.07, 6.45) is 11.3. The summed E-state index contributed by atoms with van der Waals surface area (Å²) >= 11 is 3.55. The predicted molar refractivity (Wildman–Crippen MR) is 126 cm³/mol. The first-order valence-electron chi connectivity index (χ1n) is 11.5. The molecule has 5 nitrogen and oxygen atoms in total. The number of halogens is 1. The number of nitrogens with zero attached hydrogens (tertiary/aromatic N) is 1. The Labute approximate surface area is 193 Å². The second-order valence-electron chi connectivity index (χ2n) is 9.26. The van der Waals surface area contributed by atoms with Gasteiger partial charge in [0.05, 0.1) is 10.6 Å². The number of carbonyl (C=O) groups excluding carboxylic acids is 1. The number of para-hydroxylation sites is 1. The summed E-state index contributed by atoms with van der Waals surface area (Å²) in [5, 5.41) is 13.7. The van der Waals surface area contributed by atoms with Crippen molar-refractivity contribution in [2.45, 2.75) is 64.1 Å². The number of likely N-dealkylation sites (tertiary alicyclic amines) is 1. The smallest absolute Gasteiger partial charge is 0.321 e. The maximum atomic E-state index is 12.8. The molecule has 2 aliphatic heterocycles. The van der Waals surface area contributed by atoms with Gasteiger partial charge in [0, 0.05) is 43.6 Å². The van der Waals surface area contributed by atoms with E-state index in [9.17, 15) is 9.90 Å². The van der Waals surface area contributed by atoms with Gasteiger partial charge in [-0.15, -0.1) is 0 Å². The molecule has 1 fully saturated rings. The minimum atomic E-state index is -0.540. The van der Waals surface area contributed by atoms with E-state index in [1.165, 1.54) is 12.8 Å². The number of fused-ring (bicyclic) bond motifs is 1. The number of benzene rings is 1. The van der Waals surface area contributed by atoms with Gasteiger partial charge in [-0.05, 0) is 46.3 Å². The molecule has 0 saturated carbocycles. The summed E-state index contributed by atoms with van der Waals surface area (Å²) in [6, 6.07) is 5.72. The van der Waals surface area contributed by atoms with E-state index in [1.54, 1.807) is 0 Å². The number of aliphatic hydroxyl groups is 1. The first-order chi connectivity index (χ1) is 14.9. The van der Waals surface area contributed by atoms with Gasteiger partial charge < -0.3 is 20.1 Å². The van der Waals surface area contributed by atoms with Crippen LogP contribution in [0.5, 0.6) is 5.75 Å². The lowest BCUT2D eigenvalue weighted by Gasteiger charge is -2.46. The van der Waals surface area contributed by atoms with Crippen molar-refractivity contribution in [3.8, 4) is 5.75 Å². The number of nitrogens with one attached hydrogen (secondary N) is 1. The van der Waals surface area contributed by atoms with Gasteiger partial charge >= 0.3 is 6.03 Å². The number of hydrogen-bond donors (Lipinski definition) is 2. The maximum absolute atomic E-state index is 12.8. The number of ether oxygens (including phenoxy) is 1. The van der Waals surface area contributed by atoms with Crippen LogP contribution < -0.4 is 10.1 Å². The summed E-state index contributed by atoms with van der Waals surface area (Å²) in [7, 11) is 0. The molecule has 0 bridgehead atoms. The molecule has 0 aromatic heterocycles.